The topological polar surface area (TPSA) is 146 Å². The quantitative estimate of drug-likeness (QED) is 0.269. The fourth-order valence-corrected chi connectivity index (χ4v) is 5.59. The summed E-state index contributed by atoms with van der Waals surface area (Å²) < 4.78 is 32.4. The van der Waals surface area contributed by atoms with Gasteiger partial charge >= 0.3 is 0 Å². The summed E-state index contributed by atoms with van der Waals surface area (Å²) in [5.74, 6) is 0.505. The van der Waals surface area contributed by atoms with Gasteiger partial charge in [-0.1, -0.05) is 48.7 Å². The fraction of sp³-hybridized carbons (Fsp3) is 0.522. The Morgan fingerprint density at radius 2 is 1.94 bits per heavy atom. The van der Waals surface area contributed by atoms with Gasteiger partial charge in [-0.2, -0.15) is 5.10 Å². The van der Waals surface area contributed by atoms with Crippen molar-refractivity contribution in [2.45, 2.75) is 52.6 Å². The third-order valence-electron chi connectivity index (χ3n) is 5.81. The van der Waals surface area contributed by atoms with E-state index in [1.54, 1.807) is 6.92 Å². The summed E-state index contributed by atoms with van der Waals surface area (Å²) in [6.45, 7) is 8.44. The van der Waals surface area contributed by atoms with Crippen LogP contribution >= 0.6 is 11.5 Å². The lowest BCUT2D eigenvalue weighted by atomic mass is 10.1. The molecule has 1 aromatic carbocycles. The minimum atomic E-state index is -3.54. The van der Waals surface area contributed by atoms with Gasteiger partial charge in [-0.15, -0.1) is 5.10 Å². The van der Waals surface area contributed by atoms with Crippen LogP contribution in [0.15, 0.2) is 30.3 Å². The minimum absolute atomic E-state index is 0.0324. The number of benzene rings is 1. The normalized spacial score (nSPS) is 12.7. The lowest BCUT2D eigenvalue weighted by Crippen LogP contribution is -2.33. The number of carbonyl (C=O) groups excluding carboxylic acids is 1. The van der Waals surface area contributed by atoms with Crippen molar-refractivity contribution in [1.29, 1.82) is 0 Å². The molecule has 1 amide bonds. The molecule has 11 nitrogen and oxygen atoms in total. The molecule has 0 radical (unpaired) electrons. The molecule has 0 saturated heterocycles. The molecule has 0 unspecified atom stereocenters. The zero-order valence-electron chi connectivity index (χ0n) is 20.9. The van der Waals surface area contributed by atoms with Crippen molar-refractivity contribution in [1.82, 2.24) is 39.7 Å². The van der Waals surface area contributed by atoms with E-state index in [0.717, 1.165) is 36.7 Å². The van der Waals surface area contributed by atoms with Gasteiger partial charge in [0.05, 0.1) is 24.0 Å². The molecule has 0 aliphatic carbocycles. The van der Waals surface area contributed by atoms with Crippen molar-refractivity contribution in [3.63, 3.8) is 0 Å². The van der Waals surface area contributed by atoms with Crippen LogP contribution in [0.2, 0.25) is 0 Å². The van der Waals surface area contributed by atoms with E-state index in [1.807, 2.05) is 30.3 Å². The zero-order chi connectivity index (χ0) is 26.0. The molecule has 3 rings (SSSR count). The number of nitrogens with zero attached hydrogens (tertiary/aromatic N) is 5. The van der Waals surface area contributed by atoms with E-state index >= 15 is 0 Å². The number of hydrogen-bond donors (Lipinski definition) is 3. The van der Waals surface area contributed by atoms with Crippen LogP contribution in [0, 0.1) is 6.92 Å². The number of hydrogen-bond acceptors (Lipinski definition) is 9. The van der Waals surface area contributed by atoms with Crippen molar-refractivity contribution in [3.05, 3.63) is 58.1 Å². The van der Waals surface area contributed by atoms with Gasteiger partial charge < -0.3 is 10.2 Å². The van der Waals surface area contributed by atoms with Crippen LogP contribution in [-0.2, 0) is 23.0 Å². The largest absolute Gasteiger partial charge is 0.344 e. The van der Waals surface area contributed by atoms with Crippen molar-refractivity contribution >= 4 is 27.5 Å². The maximum absolute atomic E-state index is 12.9. The molecule has 0 fully saturated rings. The van der Waals surface area contributed by atoms with E-state index in [0.29, 0.717) is 41.5 Å². The summed E-state index contributed by atoms with van der Waals surface area (Å²) >= 11 is 1.02. The number of aryl methyl sites for hydroxylation is 2. The molecule has 3 N–H and O–H groups in total. The molecule has 196 valence electrons. The summed E-state index contributed by atoms with van der Waals surface area (Å²) in [5.41, 5.74) is 1.66. The molecule has 1 atom stereocenters. The lowest BCUT2D eigenvalue weighted by molar-refractivity contribution is 0.0953. The Hall–Kier alpha value is -2.74. The van der Waals surface area contributed by atoms with E-state index in [-0.39, 0.29) is 18.2 Å². The summed E-state index contributed by atoms with van der Waals surface area (Å²) in [5, 5.41) is 13.6. The minimum Gasteiger partial charge on any atom is -0.344 e. The Morgan fingerprint density at radius 1 is 1.19 bits per heavy atom. The third-order valence-corrected chi connectivity index (χ3v) is 8.11. The van der Waals surface area contributed by atoms with Crippen LogP contribution in [0.5, 0.6) is 0 Å². The first-order valence-corrected chi connectivity index (χ1v) is 14.5. The van der Waals surface area contributed by atoms with Crippen molar-refractivity contribution in [3.8, 4) is 0 Å². The van der Waals surface area contributed by atoms with Crippen LogP contribution < -0.4 is 10.0 Å². The summed E-state index contributed by atoms with van der Waals surface area (Å²) in [7, 11) is -3.54. The van der Waals surface area contributed by atoms with Gasteiger partial charge in [0, 0.05) is 0 Å². The SMILES string of the molecule is CCN(CC)CCCS(=O)(=O)N[C@H](CCc1ccccc1)c1nc(CNC(=O)c2snnc2C)n[nH]1. The molecule has 13 heteroatoms. The molecule has 0 saturated carbocycles. The van der Waals surface area contributed by atoms with Crippen molar-refractivity contribution in [2.24, 2.45) is 0 Å². The maximum atomic E-state index is 12.9. The fourth-order valence-electron chi connectivity index (χ4n) is 3.73. The number of amides is 1. The van der Waals surface area contributed by atoms with Gasteiger partial charge in [0.2, 0.25) is 10.0 Å². The van der Waals surface area contributed by atoms with E-state index in [4.69, 9.17) is 0 Å². The first-order chi connectivity index (χ1) is 17.3. The van der Waals surface area contributed by atoms with Gasteiger partial charge in [-0.3, -0.25) is 9.89 Å². The van der Waals surface area contributed by atoms with Crippen molar-refractivity contribution in [2.75, 3.05) is 25.4 Å². The van der Waals surface area contributed by atoms with Crippen molar-refractivity contribution < 1.29 is 13.2 Å². The van der Waals surface area contributed by atoms with E-state index in [2.05, 4.69) is 53.6 Å². The number of aromatic amines is 1. The highest BCUT2D eigenvalue weighted by Gasteiger charge is 2.23. The second-order valence-corrected chi connectivity index (χ2v) is 11.0. The van der Waals surface area contributed by atoms with Gasteiger partial charge in [0.15, 0.2) is 5.82 Å². The highest BCUT2D eigenvalue weighted by atomic mass is 32.2. The summed E-state index contributed by atoms with van der Waals surface area (Å²) in [4.78, 5) is 19.4. The van der Waals surface area contributed by atoms with Crippen LogP contribution in [0.1, 0.15) is 65.3 Å². The van der Waals surface area contributed by atoms with Crippen LogP contribution in [0.4, 0.5) is 0 Å². The first kappa shape index (κ1) is 27.8. The molecule has 0 aliphatic rings. The Labute approximate surface area is 216 Å². The second kappa shape index (κ2) is 13.5. The lowest BCUT2D eigenvalue weighted by Gasteiger charge is -2.19. The maximum Gasteiger partial charge on any atom is 0.265 e. The van der Waals surface area contributed by atoms with Crippen LogP contribution in [-0.4, -0.2) is 69.4 Å². The molecule has 2 heterocycles. The van der Waals surface area contributed by atoms with Gasteiger partial charge in [-0.25, -0.2) is 18.1 Å². The predicted octanol–water partition coefficient (Wildman–Crippen LogP) is 2.22. The highest BCUT2D eigenvalue weighted by molar-refractivity contribution is 7.89. The molecule has 0 aliphatic heterocycles. The predicted molar refractivity (Wildman–Crippen MR) is 139 cm³/mol. The Kier molecular flexibility index (Phi) is 10.5. The smallest absolute Gasteiger partial charge is 0.265 e. The summed E-state index contributed by atoms with van der Waals surface area (Å²) in [6, 6.07) is 9.30. The van der Waals surface area contributed by atoms with Crippen LogP contribution in [0.25, 0.3) is 0 Å². The third kappa shape index (κ3) is 8.43. The Bertz CT molecular complexity index is 1190. The Morgan fingerprint density at radius 3 is 2.61 bits per heavy atom. The zero-order valence-corrected chi connectivity index (χ0v) is 22.5. The molecule has 3 aromatic rings. The van der Waals surface area contributed by atoms with Gasteiger partial charge in [0.25, 0.3) is 5.91 Å². The number of rotatable bonds is 15. The molecule has 0 bridgehead atoms. The number of nitrogens with one attached hydrogen (secondary N) is 3. The summed E-state index contributed by atoms with van der Waals surface area (Å²) in [6.07, 6.45) is 1.71. The highest BCUT2D eigenvalue weighted by Crippen LogP contribution is 2.18. The monoisotopic (exact) mass is 534 g/mol. The standard InChI is InChI=1S/C23H34N8O3S2/c1-4-31(5-2)14-9-15-36(33,34)29-19(13-12-18-10-7-6-8-11-18)22-25-20(27-28-22)16-24-23(32)21-17(3)26-30-35-21/h6-8,10-11,19,29H,4-5,9,12-16H2,1-3H3,(H,24,32)(H,25,27,28)/t19-/m1/s1. The van der Waals surface area contributed by atoms with Gasteiger partial charge in [0.1, 0.15) is 10.7 Å². The molecule has 36 heavy (non-hydrogen) atoms. The molecular weight excluding hydrogens is 500 g/mol. The first-order valence-electron chi connectivity index (χ1n) is 12.1. The molecular formula is C23H34N8O3S2. The Balaban J connectivity index is 1.66. The second-order valence-electron chi connectivity index (χ2n) is 8.40. The average molecular weight is 535 g/mol. The van der Waals surface area contributed by atoms with E-state index in [1.165, 1.54) is 0 Å². The number of H-pyrrole nitrogens is 1. The number of sulfonamides is 1. The number of carbonyl (C=O) groups is 1. The van der Waals surface area contributed by atoms with E-state index < -0.39 is 16.1 Å². The molecule has 0 spiro atoms. The van der Waals surface area contributed by atoms with Gasteiger partial charge in [-0.05, 0) is 62.9 Å². The van der Waals surface area contributed by atoms with Crippen LogP contribution in [0.3, 0.4) is 0 Å². The number of aromatic nitrogens is 5. The average Bonchev–Trinajstić information content (AvgIpc) is 3.52. The molecule has 2 aromatic heterocycles. The van der Waals surface area contributed by atoms with E-state index in [9.17, 15) is 13.2 Å².